The molecule has 1 fully saturated rings. The molecule has 0 spiro atoms. The zero-order chi connectivity index (χ0) is 11.8. The van der Waals surface area contributed by atoms with Crippen molar-refractivity contribution in [1.82, 2.24) is 4.31 Å². The summed E-state index contributed by atoms with van der Waals surface area (Å²) >= 11 is 9.63. The fourth-order valence-electron chi connectivity index (χ4n) is 1.41. The van der Waals surface area contributed by atoms with Crippen molar-refractivity contribution in [2.24, 2.45) is 0 Å². The van der Waals surface area contributed by atoms with Gasteiger partial charge in [-0.25, -0.2) is 8.42 Å². The van der Waals surface area contributed by atoms with Gasteiger partial charge in [0.1, 0.15) is 4.21 Å². The average Bonchev–Trinajstić information content (AvgIpc) is 2.60. The van der Waals surface area contributed by atoms with Crippen LogP contribution in [0.4, 0.5) is 0 Å². The van der Waals surface area contributed by atoms with E-state index in [-0.39, 0.29) is 0 Å². The molecule has 1 aliphatic heterocycles. The van der Waals surface area contributed by atoms with Crippen LogP contribution >= 0.6 is 55.0 Å². The van der Waals surface area contributed by atoms with Crippen molar-refractivity contribution in [2.75, 3.05) is 24.6 Å². The molecule has 90 valence electrons. The van der Waals surface area contributed by atoms with Crippen LogP contribution < -0.4 is 0 Å². The second-order valence-corrected chi connectivity index (χ2v) is 9.85. The smallest absolute Gasteiger partial charge is 0.206 e. The largest absolute Gasteiger partial charge is 0.253 e. The van der Waals surface area contributed by atoms with Gasteiger partial charge in [0.05, 0.1) is 3.79 Å². The van der Waals surface area contributed by atoms with Crippen LogP contribution in [-0.2, 0) is 10.0 Å². The Bertz CT molecular complexity index is 479. The van der Waals surface area contributed by atoms with Gasteiger partial charge >= 0.3 is 0 Å². The van der Waals surface area contributed by atoms with Gasteiger partial charge in [-0.3, -0.25) is 0 Å². The molecule has 0 aliphatic carbocycles. The first-order valence-electron chi connectivity index (χ1n) is 4.54. The molecule has 1 aliphatic rings. The summed E-state index contributed by atoms with van der Waals surface area (Å²) in [4.78, 5) is 0. The molecule has 16 heavy (non-hydrogen) atoms. The lowest BCUT2D eigenvalue weighted by atomic mass is 10.6. The highest BCUT2D eigenvalue weighted by atomic mass is 79.9. The quantitative estimate of drug-likeness (QED) is 0.757. The summed E-state index contributed by atoms with van der Waals surface area (Å²) in [6.45, 7) is 1.21. The number of halogens is 2. The molecule has 0 bridgehead atoms. The van der Waals surface area contributed by atoms with Crippen LogP contribution in [0.5, 0.6) is 0 Å². The van der Waals surface area contributed by atoms with Gasteiger partial charge in [-0.15, -0.1) is 11.3 Å². The molecule has 0 unspecified atom stereocenters. The van der Waals surface area contributed by atoms with E-state index in [1.807, 2.05) is 0 Å². The molecule has 0 atom stereocenters. The fourth-order valence-corrected chi connectivity index (χ4v) is 7.84. The summed E-state index contributed by atoms with van der Waals surface area (Å²) in [7, 11) is -3.31. The lowest BCUT2D eigenvalue weighted by Gasteiger charge is -2.25. The first-order valence-corrected chi connectivity index (χ1v) is 9.54. The monoisotopic (exact) mass is 405 g/mol. The Balaban J connectivity index is 2.34. The Morgan fingerprint density at radius 3 is 2.38 bits per heavy atom. The Hall–Kier alpha value is 0.920. The molecule has 1 aromatic rings. The maximum Gasteiger partial charge on any atom is 0.253 e. The maximum absolute atomic E-state index is 12.3. The summed E-state index contributed by atoms with van der Waals surface area (Å²) in [6, 6.07) is 1.77. The number of thiophene rings is 1. The van der Waals surface area contributed by atoms with E-state index < -0.39 is 10.0 Å². The van der Waals surface area contributed by atoms with Crippen molar-refractivity contribution in [1.29, 1.82) is 0 Å². The van der Waals surface area contributed by atoms with E-state index in [0.717, 1.165) is 15.3 Å². The zero-order valence-corrected chi connectivity index (χ0v) is 13.8. The van der Waals surface area contributed by atoms with Crippen molar-refractivity contribution in [2.45, 2.75) is 4.21 Å². The van der Waals surface area contributed by atoms with E-state index in [9.17, 15) is 8.42 Å². The predicted octanol–water partition coefficient (Wildman–Crippen LogP) is 3.01. The topological polar surface area (TPSA) is 37.4 Å². The van der Waals surface area contributed by atoms with E-state index >= 15 is 0 Å². The minimum Gasteiger partial charge on any atom is -0.206 e. The Morgan fingerprint density at radius 1 is 1.25 bits per heavy atom. The summed E-state index contributed by atoms with van der Waals surface area (Å²) < 4.78 is 28.0. The van der Waals surface area contributed by atoms with Crippen molar-refractivity contribution >= 4 is 65.0 Å². The molecular weight excluding hydrogens is 398 g/mol. The van der Waals surface area contributed by atoms with Crippen LogP contribution in [0.1, 0.15) is 0 Å². The molecule has 0 saturated carbocycles. The number of thioether (sulfide) groups is 1. The number of hydrogen-bond donors (Lipinski definition) is 0. The third-order valence-electron chi connectivity index (χ3n) is 2.17. The lowest BCUT2D eigenvalue weighted by molar-refractivity contribution is 0.445. The summed E-state index contributed by atoms with van der Waals surface area (Å²) in [6.07, 6.45) is 0. The van der Waals surface area contributed by atoms with Gasteiger partial charge in [0, 0.05) is 29.1 Å². The highest BCUT2D eigenvalue weighted by Gasteiger charge is 2.29. The molecule has 0 N–H and O–H groups in total. The van der Waals surface area contributed by atoms with Crippen LogP contribution in [-0.4, -0.2) is 37.3 Å². The average molecular weight is 407 g/mol. The highest BCUT2D eigenvalue weighted by Crippen LogP contribution is 2.36. The van der Waals surface area contributed by atoms with Crippen LogP contribution in [0.15, 0.2) is 18.5 Å². The predicted molar refractivity (Wildman–Crippen MR) is 75.8 cm³/mol. The summed E-state index contributed by atoms with van der Waals surface area (Å²) in [5, 5.41) is 0. The number of hydrogen-bond acceptors (Lipinski definition) is 4. The number of rotatable bonds is 2. The van der Waals surface area contributed by atoms with Crippen molar-refractivity contribution in [3.05, 3.63) is 14.3 Å². The van der Waals surface area contributed by atoms with E-state index in [2.05, 4.69) is 31.9 Å². The van der Waals surface area contributed by atoms with E-state index in [1.54, 1.807) is 22.1 Å². The highest BCUT2D eigenvalue weighted by molar-refractivity contribution is 9.11. The molecule has 1 saturated heterocycles. The van der Waals surface area contributed by atoms with E-state index in [1.165, 1.54) is 11.3 Å². The van der Waals surface area contributed by atoms with Crippen LogP contribution in [0.25, 0.3) is 0 Å². The molecular formula is C8H9Br2NO2S3. The Kier molecular flexibility index (Phi) is 4.40. The maximum atomic E-state index is 12.3. The molecule has 1 aromatic heterocycles. The summed E-state index contributed by atoms with van der Waals surface area (Å²) in [5.74, 6) is 1.76. The van der Waals surface area contributed by atoms with Crippen molar-refractivity contribution in [3.63, 3.8) is 0 Å². The number of nitrogens with zero attached hydrogens (tertiary/aromatic N) is 1. The van der Waals surface area contributed by atoms with Gasteiger partial charge in [0.15, 0.2) is 0 Å². The van der Waals surface area contributed by atoms with Crippen LogP contribution in [0, 0.1) is 0 Å². The minimum atomic E-state index is -3.31. The molecule has 2 rings (SSSR count). The molecule has 3 nitrogen and oxygen atoms in total. The lowest BCUT2D eigenvalue weighted by Crippen LogP contribution is -2.37. The van der Waals surface area contributed by atoms with Crippen molar-refractivity contribution < 1.29 is 8.42 Å². The second kappa shape index (κ2) is 5.27. The first-order chi connectivity index (χ1) is 7.51. The molecule has 2 heterocycles. The molecule has 8 heteroatoms. The Labute approximate surface area is 120 Å². The molecule has 0 aromatic carbocycles. The third-order valence-corrected chi connectivity index (χ3v) is 8.31. The molecule has 0 amide bonds. The van der Waals surface area contributed by atoms with Gasteiger partial charge in [-0.05, 0) is 37.9 Å². The van der Waals surface area contributed by atoms with Crippen LogP contribution in [0.3, 0.4) is 0 Å². The first kappa shape index (κ1) is 13.4. The Morgan fingerprint density at radius 2 is 1.88 bits per heavy atom. The van der Waals surface area contributed by atoms with Crippen molar-refractivity contribution in [3.8, 4) is 0 Å². The third kappa shape index (κ3) is 2.67. The SMILES string of the molecule is O=S(=O)(c1sc(Br)cc1Br)N1CCSCC1. The van der Waals surface area contributed by atoms with E-state index in [4.69, 9.17) is 0 Å². The van der Waals surface area contributed by atoms with E-state index in [0.29, 0.717) is 21.8 Å². The van der Waals surface area contributed by atoms with Gasteiger partial charge in [0.25, 0.3) is 10.0 Å². The summed E-state index contributed by atoms with van der Waals surface area (Å²) in [5.41, 5.74) is 0. The number of sulfonamides is 1. The van der Waals surface area contributed by atoms with Gasteiger partial charge in [-0.2, -0.15) is 16.1 Å². The fraction of sp³-hybridized carbons (Fsp3) is 0.500. The van der Waals surface area contributed by atoms with Gasteiger partial charge in [-0.1, -0.05) is 0 Å². The van der Waals surface area contributed by atoms with Gasteiger partial charge < -0.3 is 0 Å². The van der Waals surface area contributed by atoms with Crippen LogP contribution in [0.2, 0.25) is 0 Å². The normalized spacial score (nSPS) is 18.9. The van der Waals surface area contributed by atoms with Gasteiger partial charge in [0.2, 0.25) is 0 Å². The standard InChI is InChI=1S/C8H9Br2NO2S3/c9-6-5-7(10)15-8(6)16(12,13)11-1-3-14-4-2-11/h5H,1-4H2. The second-order valence-electron chi connectivity index (χ2n) is 3.20. The zero-order valence-electron chi connectivity index (χ0n) is 8.15. The minimum absolute atomic E-state index is 0.395. The molecule has 0 radical (unpaired) electrons.